The molecule has 0 rings (SSSR count). The van der Waals surface area contributed by atoms with Gasteiger partial charge >= 0.3 is 10.4 Å². The van der Waals surface area contributed by atoms with Crippen LogP contribution < -0.4 is 0 Å². The predicted molar refractivity (Wildman–Crippen MR) is 66.9 cm³/mol. The summed E-state index contributed by atoms with van der Waals surface area (Å²) in [5.74, 6) is 0. The van der Waals surface area contributed by atoms with Crippen LogP contribution >= 0.6 is 0 Å². The van der Waals surface area contributed by atoms with E-state index in [9.17, 15) is 0 Å². The minimum Gasteiger partial charge on any atom is -0.264 e. The van der Waals surface area contributed by atoms with Crippen LogP contribution in [-0.2, 0) is 10.4 Å². The van der Waals surface area contributed by atoms with Crippen molar-refractivity contribution in [3.05, 3.63) is 0 Å². The van der Waals surface area contributed by atoms with Gasteiger partial charge in [0.1, 0.15) is 0 Å². The summed E-state index contributed by atoms with van der Waals surface area (Å²) in [7, 11) is -4.67. The minimum absolute atomic E-state index is 0.519. The maximum absolute atomic E-state index is 8.74. The van der Waals surface area contributed by atoms with Crippen molar-refractivity contribution in [2.45, 2.75) is 60.8 Å². The molecule has 0 aromatic rings. The molecule has 5 heteroatoms. The first-order valence-electron chi connectivity index (χ1n) is 5.41. The van der Waals surface area contributed by atoms with E-state index in [1.165, 1.54) is 19.3 Å². The molecular formula is C11H26O4S. The lowest BCUT2D eigenvalue weighted by Gasteiger charge is -2.22. The largest absolute Gasteiger partial charge is 0.394 e. The van der Waals surface area contributed by atoms with Gasteiger partial charge in [0.25, 0.3) is 0 Å². The molecule has 100 valence electrons. The standard InChI is InChI=1S/C11H24.H2O4S/c1-10(2,3)8-7-9-11(4,5)6;1-5(2,3)4/h7-9H2,1-6H3;(H2,1,2,3,4). The fourth-order valence-corrected chi connectivity index (χ4v) is 1.15. The van der Waals surface area contributed by atoms with Crippen LogP contribution in [0.15, 0.2) is 0 Å². The van der Waals surface area contributed by atoms with Gasteiger partial charge in [-0.15, -0.1) is 0 Å². The van der Waals surface area contributed by atoms with Crippen molar-refractivity contribution in [3.8, 4) is 0 Å². The monoisotopic (exact) mass is 254 g/mol. The first-order valence-corrected chi connectivity index (χ1v) is 6.80. The highest BCUT2D eigenvalue weighted by atomic mass is 32.3. The van der Waals surface area contributed by atoms with Crippen molar-refractivity contribution < 1.29 is 17.5 Å². The molecule has 0 atom stereocenters. The van der Waals surface area contributed by atoms with Crippen molar-refractivity contribution >= 4 is 10.4 Å². The molecule has 0 aromatic heterocycles. The normalized spacial score (nSPS) is 13.0. The molecule has 0 aliphatic rings. The molecule has 0 aliphatic carbocycles. The summed E-state index contributed by atoms with van der Waals surface area (Å²) in [6, 6.07) is 0. The van der Waals surface area contributed by atoms with Crippen molar-refractivity contribution in [2.75, 3.05) is 0 Å². The van der Waals surface area contributed by atoms with Crippen molar-refractivity contribution in [2.24, 2.45) is 10.8 Å². The third-order valence-electron chi connectivity index (χ3n) is 1.85. The lowest BCUT2D eigenvalue weighted by Crippen LogP contribution is -2.09. The first-order chi connectivity index (χ1) is 6.71. The van der Waals surface area contributed by atoms with Gasteiger partial charge in [-0.25, -0.2) is 0 Å². The van der Waals surface area contributed by atoms with E-state index < -0.39 is 10.4 Å². The number of hydrogen-bond donors (Lipinski definition) is 2. The molecule has 0 saturated carbocycles. The third-order valence-corrected chi connectivity index (χ3v) is 1.85. The lowest BCUT2D eigenvalue weighted by molar-refractivity contribution is 0.301. The highest BCUT2D eigenvalue weighted by Gasteiger charge is 2.13. The Bertz CT molecular complexity index is 245. The van der Waals surface area contributed by atoms with Gasteiger partial charge in [-0.1, -0.05) is 48.0 Å². The zero-order valence-corrected chi connectivity index (χ0v) is 12.1. The van der Waals surface area contributed by atoms with Crippen LogP contribution in [0.2, 0.25) is 0 Å². The third kappa shape index (κ3) is 37.1. The summed E-state index contributed by atoms with van der Waals surface area (Å²) in [6.07, 6.45) is 4.07. The summed E-state index contributed by atoms with van der Waals surface area (Å²) < 4.78 is 31.6. The van der Waals surface area contributed by atoms with E-state index in [0.29, 0.717) is 10.8 Å². The van der Waals surface area contributed by atoms with Gasteiger partial charge in [-0.3, -0.25) is 9.11 Å². The molecule has 0 unspecified atom stereocenters. The first kappa shape index (κ1) is 18.2. The second kappa shape index (κ2) is 6.57. The van der Waals surface area contributed by atoms with Crippen molar-refractivity contribution in [1.82, 2.24) is 0 Å². The number of hydrogen-bond acceptors (Lipinski definition) is 2. The highest BCUT2D eigenvalue weighted by Crippen LogP contribution is 2.27. The summed E-state index contributed by atoms with van der Waals surface area (Å²) in [6.45, 7) is 13.9. The van der Waals surface area contributed by atoms with Crippen molar-refractivity contribution in [3.63, 3.8) is 0 Å². The summed E-state index contributed by atoms with van der Waals surface area (Å²) in [5, 5.41) is 0. The molecule has 2 N–H and O–H groups in total. The van der Waals surface area contributed by atoms with Crippen LogP contribution in [-0.4, -0.2) is 17.5 Å². The second-order valence-electron chi connectivity index (χ2n) is 6.42. The van der Waals surface area contributed by atoms with Gasteiger partial charge in [0, 0.05) is 0 Å². The summed E-state index contributed by atoms with van der Waals surface area (Å²) in [4.78, 5) is 0. The van der Waals surface area contributed by atoms with Crippen LogP contribution in [0.5, 0.6) is 0 Å². The van der Waals surface area contributed by atoms with Gasteiger partial charge in [-0.05, 0) is 23.7 Å². The van der Waals surface area contributed by atoms with E-state index in [4.69, 9.17) is 17.5 Å². The fourth-order valence-electron chi connectivity index (χ4n) is 1.15. The zero-order valence-electron chi connectivity index (χ0n) is 11.2. The van der Waals surface area contributed by atoms with Crippen LogP contribution in [0.4, 0.5) is 0 Å². The SMILES string of the molecule is CC(C)(C)CCCC(C)(C)C.O=S(=O)(O)O. The Hall–Kier alpha value is -0.130. The second-order valence-corrected chi connectivity index (χ2v) is 7.32. The molecule has 0 aromatic carbocycles. The Morgan fingerprint density at radius 3 is 1.12 bits per heavy atom. The van der Waals surface area contributed by atoms with E-state index in [-0.39, 0.29) is 0 Å². The average molecular weight is 254 g/mol. The quantitative estimate of drug-likeness (QED) is 0.738. The van der Waals surface area contributed by atoms with E-state index in [1.54, 1.807) is 0 Å². The Kier molecular flexibility index (Phi) is 7.49. The van der Waals surface area contributed by atoms with Gasteiger partial charge in [0.15, 0.2) is 0 Å². The summed E-state index contributed by atoms with van der Waals surface area (Å²) in [5.41, 5.74) is 1.04. The molecule has 0 spiro atoms. The highest BCUT2D eigenvalue weighted by molar-refractivity contribution is 7.79. The van der Waals surface area contributed by atoms with Crippen LogP contribution in [0, 0.1) is 10.8 Å². The summed E-state index contributed by atoms with van der Waals surface area (Å²) >= 11 is 0. The van der Waals surface area contributed by atoms with E-state index in [1.807, 2.05) is 0 Å². The zero-order chi connectivity index (χ0) is 13.6. The van der Waals surface area contributed by atoms with Crippen molar-refractivity contribution in [1.29, 1.82) is 0 Å². The van der Waals surface area contributed by atoms with Gasteiger partial charge in [0.05, 0.1) is 0 Å². The Morgan fingerprint density at radius 1 is 0.812 bits per heavy atom. The van der Waals surface area contributed by atoms with E-state index in [0.717, 1.165) is 0 Å². The van der Waals surface area contributed by atoms with Gasteiger partial charge in [0.2, 0.25) is 0 Å². The molecule has 0 saturated heterocycles. The molecule has 0 radical (unpaired) electrons. The van der Waals surface area contributed by atoms with Crippen LogP contribution in [0.1, 0.15) is 60.8 Å². The molecule has 0 bridgehead atoms. The minimum atomic E-state index is -4.67. The number of rotatable bonds is 2. The molecule has 0 amide bonds. The van der Waals surface area contributed by atoms with Crippen LogP contribution in [0.3, 0.4) is 0 Å². The van der Waals surface area contributed by atoms with E-state index >= 15 is 0 Å². The lowest BCUT2D eigenvalue weighted by atomic mass is 9.84. The molecule has 0 aliphatic heterocycles. The Morgan fingerprint density at radius 2 is 1.00 bits per heavy atom. The van der Waals surface area contributed by atoms with E-state index in [2.05, 4.69) is 41.5 Å². The Labute approximate surface area is 100 Å². The smallest absolute Gasteiger partial charge is 0.264 e. The molecule has 4 nitrogen and oxygen atoms in total. The van der Waals surface area contributed by atoms with Gasteiger partial charge in [-0.2, -0.15) is 8.42 Å². The average Bonchev–Trinajstić information content (AvgIpc) is 1.74. The van der Waals surface area contributed by atoms with Crippen LogP contribution in [0.25, 0.3) is 0 Å². The predicted octanol–water partition coefficient (Wildman–Crippen LogP) is 3.60. The maximum atomic E-state index is 8.74. The topological polar surface area (TPSA) is 74.6 Å². The molecule has 0 heterocycles. The van der Waals surface area contributed by atoms with Gasteiger partial charge < -0.3 is 0 Å². The molecule has 0 fully saturated rings. The maximum Gasteiger partial charge on any atom is 0.394 e. The molecule has 16 heavy (non-hydrogen) atoms. The molecular weight excluding hydrogens is 228 g/mol. The fraction of sp³-hybridized carbons (Fsp3) is 1.00. The Balaban J connectivity index is 0.